The van der Waals surface area contributed by atoms with Crippen LogP contribution in [-0.2, 0) is 24.0 Å². The van der Waals surface area contributed by atoms with Gasteiger partial charge in [-0.25, -0.2) is 4.79 Å². The van der Waals surface area contributed by atoms with E-state index in [0.29, 0.717) is 12.2 Å². The summed E-state index contributed by atoms with van der Waals surface area (Å²) < 4.78 is 0. The first-order chi connectivity index (χ1) is 15.3. The summed E-state index contributed by atoms with van der Waals surface area (Å²) in [6, 6.07) is -4.47. The number of nitrogens with two attached hydrogens (primary N) is 1. The van der Waals surface area contributed by atoms with E-state index < -0.39 is 60.2 Å². The Morgan fingerprint density at radius 1 is 0.909 bits per heavy atom. The number of carboxylic acids is 2. The lowest BCUT2D eigenvalue weighted by atomic mass is 9.96. The minimum atomic E-state index is -1.33. The van der Waals surface area contributed by atoms with Crippen LogP contribution in [0.3, 0.4) is 0 Å². The summed E-state index contributed by atoms with van der Waals surface area (Å²) in [5, 5.41) is 25.8. The summed E-state index contributed by atoms with van der Waals surface area (Å²) in [5.41, 5.74) is 5.59. The maximum Gasteiger partial charge on any atom is 0.326 e. The van der Waals surface area contributed by atoms with Crippen LogP contribution in [0, 0.1) is 11.8 Å². The minimum Gasteiger partial charge on any atom is -0.481 e. The topological polar surface area (TPSA) is 188 Å². The van der Waals surface area contributed by atoms with E-state index in [1.807, 2.05) is 27.0 Å². The molecule has 0 aliphatic heterocycles. The maximum absolute atomic E-state index is 13.0. The van der Waals surface area contributed by atoms with E-state index in [1.54, 1.807) is 6.92 Å². The van der Waals surface area contributed by atoms with E-state index in [1.165, 1.54) is 11.8 Å². The second kappa shape index (κ2) is 15.5. The van der Waals surface area contributed by atoms with Gasteiger partial charge in [0.25, 0.3) is 0 Å². The summed E-state index contributed by atoms with van der Waals surface area (Å²) in [7, 11) is 0. The molecule has 11 nitrogen and oxygen atoms in total. The predicted octanol–water partition coefficient (Wildman–Crippen LogP) is 0.173. The predicted molar refractivity (Wildman–Crippen MR) is 126 cm³/mol. The number of hydrogen-bond acceptors (Lipinski definition) is 7. The molecule has 0 heterocycles. The van der Waals surface area contributed by atoms with Crippen LogP contribution in [0.1, 0.15) is 53.4 Å². The van der Waals surface area contributed by atoms with Crippen molar-refractivity contribution >= 4 is 41.4 Å². The zero-order valence-corrected chi connectivity index (χ0v) is 20.7. The number of nitrogens with one attached hydrogen (secondary N) is 3. The highest BCUT2D eigenvalue weighted by Crippen LogP contribution is 2.12. The molecule has 0 aromatic rings. The van der Waals surface area contributed by atoms with Gasteiger partial charge in [0.05, 0.1) is 12.5 Å². The number of thioether (sulfide) groups is 1. The fourth-order valence-electron chi connectivity index (χ4n) is 2.97. The van der Waals surface area contributed by atoms with Crippen molar-refractivity contribution in [2.75, 3.05) is 12.0 Å². The molecule has 0 aromatic carbocycles. The molecule has 0 saturated heterocycles. The molecule has 0 aliphatic carbocycles. The molecule has 190 valence electrons. The summed E-state index contributed by atoms with van der Waals surface area (Å²) in [6.45, 7) is 7.26. The molecule has 33 heavy (non-hydrogen) atoms. The Hall–Kier alpha value is -2.34. The van der Waals surface area contributed by atoms with Crippen LogP contribution in [0.4, 0.5) is 0 Å². The molecular weight excluding hydrogens is 452 g/mol. The van der Waals surface area contributed by atoms with Crippen LogP contribution in [-0.4, -0.2) is 76.0 Å². The first-order valence-corrected chi connectivity index (χ1v) is 12.3. The Balaban J connectivity index is 5.52. The first kappa shape index (κ1) is 30.7. The fourth-order valence-corrected chi connectivity index (χ4v) is 3.45. The molecule has 12 heteroatoms. The Bertz CT molecular complexity index is 690. The Morgan fingerprint density at radius 2 is 1.48 bits per heavy atom. The van der Waals surface area contributed by atoms with Crippen molar-refractivity contribution in [1.82, 2.24) is 16.0 Å². The summed E-state index contributed by atoms with van der Waals surface area (Å²) in [4.78, 5) is 60.5. The standard InChI is InChI=1S/C21H38N4O7S/c1-6-12(4)17(20(30)24-15(21(31)32)9-11(2)3)25-19(29)14(7-8-33-5)23-18(28)13(22)10-16(26)27/h11-15,17H,6-10,22H2,1-5H3,(H,23,28)(H,24,30)(H,25,29)(H,26,27)(H,31,32). The van der Waals surface area contributed by atoms with Gasteiger partial charge in [0.15, 0.2) is 0 Å². The molecule has 0 bridgehead atoms. The highest BCUT2D eigenvalue weighted by Gasteiger charge is 2.33. The number of carboxylic acid groups (broad SMARTS) is 2. The van der Waals surface area contributed by atoms with Gasteiger partial charge in [0.2, 0.25) is 17.7 Å². The second-order valence-corrected chi connectivity index (χ2v) is 9.43. The van der Waals surface area contributed by atoms with Gasteiger partial charge in [-0.3, -0.25) is 19.2 Å². The van der Waals surface area contributed by atoms with E-state index in [9.17, 15) is 29.1 Å². The highest BCUT2D eigenvalue weighted by atomic mass is 32.2. The average molecular weight is 491 g/mol. The molecule has 3 amide bonds. The van der Waals surface area contributed by atoms with Crippen molar-refractivity contribution in [3.05, 3.63) is 0 Å². The summed E-state index contributed by atoms with van der Waals surface area (Å²) in [6.07, 6.45) is 2.23. The summed E-state index contributed by atoms with van der Waals surface area (Å²) >= 11 is 1.45. The van der Waals surface area contributed by atoms with Gasteiger partial charge in [-0.15, -0.1) is 0 Å². The Labute approximate surface area is 199 Å². The molecule has 7 N–H and O–H groups in total. The van der Waals surface area contributed by atoms with Crippen molar-refractivity contribution in [1.29, 1.82) is 0 Å². The molecule has 0 saturated carbocycles. The number of carbonyl (C=O) groups excluding carboxylic acids is 3. The third-order valence-corrected chi connectivity index (χ3v) is 5.73. The molecule has 0 fully saturated rings. The second-order valence-electron chi connectivity index (χ2n) is 8.45. The molecule has 5 unspecified atom stereocenters. The van der Waals surface area contributed by atoms with Gasteiger partial charge < -0.3 is 31.9 Å². The van der Waals surface area contributed by atoms with Gasteiger partial charge >= 0.3 is 11.9 Å². The zero-order chi connectivity index (χ0) is 25.7. The first-order valence-electron chi connectivity index (χ1n) is 10.9. The lowest BCUT2D eigenvalue weighted by molar-refractivity contribution is -0.143. The van der Waals surface area contributed by atoms with Crippen LogP contribution >= 0.6 is 11.8 Å². The molecule has 5 atom stereocenters. The monoisotopic (exact) mass is 490 g/mol. The van der Waals surface area contributed by atoms with Crippen molar-refractivity contribution in [2.24, 2.45) is 17.6 Å². The highest BCUT2D eigenvalue weighted by molar-refractivity contribution is 7.98. The van der Waals surface area contributed by atoms with Crippen molar-refractivity contribution in [3.8, 4) is 0 Å². The fraction of sp³-hybridized carbons (Fsp3) is 0.762. The lowest BCUT2D eigenvalue weighted by Crippen LogP contribution is -2.59. The Morgan fingerprint density at radius 3 is 1.94 bits per heavy atom. The molecule has 0 aromatic heterocycles. The van der Waals surface area contributed by atoms with Gasteiger partial charge in [0.1, 0.15) is 18.1 Å². The summed E-state index contributed by atoms with van der Waals surface area (Å²) in [5.74, 6) is -4.21. The minimum absolute atomic E-state index is 0.0317. The van der Waals surface area contributed by atoms with Gasteiger partial charge in [-0.05, 0) is 36.7 Å². The SMILES string of the molecule is CCC(C)C(NC(=O)C(CCSC)NC(=O)C(N)CC(=O)O)C(=O)NC(CC(C)C)C(=O)O. The number of aliphatic carboxylic acids is 2. The normalized spacial score (nSPS) is 15.6. The third kappa shape index (κ3) is 11.9. The van der Waals surface area contributed by atoms with Crippen LogP contribution < -0.4 is 21.7 Å². The van der Waals surface area contributed by atoms with Crippen LogP contribution in [0.5, 0.6) is 0 Å². The quantitative estimate of drug-likeness (QED) is 0.175. The van der Waals surface area contributed by atoms with E-state index in [4.69, 9.17) is 10.8 Å². The van der Waals surface area contributed by atoms with E-state index in [0.717, 1.165) is 0 Å². The molecule has 0 aliphatic rings. The molecule has 0 spiro atoms. The number of carbonyl (C=O) groups is 5. The van der Waals surface area contributed by atoms with E-state index in [2.05, 4.69) is 16.0 Å². The van der Waals surface area contributed by atoms with Crippen LogP contribution in [0.15, 0.2) is 0 Å². The molecular formula is C21H38N4O7S. The van der Waals surface area contributed by atoms with Crippen LogP contribution in [0.2, 0.25) is 0 Å². The third-order valence-electron chi connectivity index (χ3n) is 5.09. The van der Waals surface area contributed by atoms with Crippen LogP contribution in [0.25, 0.3) is 0 Å². The molecule has 0 rings (SSSR count). The van der Waals surface area contributed by atoms with Gasteiger partial charge in [-0.1, -0.05) is 34.1 Å². The average Bonchev–Trinajstić information content (AvgIpc) is 2.72. The Kier molecular flexibility index (Phi) is 14.4. The maximum atomic E-state index is 13.0. The number of hydrogen-bond donors (Lipinski definition) is 6. The largest absolute Gasteiger partial charge is 0.481 e. The zero-order valence-electron chi connectivity index (χ0n) is 19.9. The van der Waals surface area contributed by atoms with Crippen molar-refractivity contribution < 1.29 is 34.2 Å². The van der Waals surface area contributed by atoms with Gasteiger partial charge in [0, 0.05) is 0 Å². The lowest BCUT2D eigenvalue weighted by Gasteiger charge is -2.28. The van der Waals surface area contributed by atoms with Crippen molar-refractivity contribution in [3.63, 3.8) is 0 Å². The molecule has 0 radical (unpaired) electrons. The number of rotatable bonds is 16. The van der Waals surface area contributed by atoms with Gasteiger partial charge in [-0.2, -0.15) is 11.8 Å². The van der Waals surface area contributed by atoms with E-state index in [-0.39, 0.29) is 24.7 Å². The van der Waals surface area contributed by atoms with E-state index >= 15 is 0 Å². The number of amides is 3. The smallest absolute Gasteiger partial charge is 0.326 e. The van der Waals surface area contributed by atoms with Crippen molar-refractivity contribution in [2.45, 2.75) is 77.5 Å².